The van der Waals surface area contributed by atoms with Crippen LogP contribution in [0.3, 0.4) is 0 Å². The van der Waals surface area contributed by atoms with Gasteiger partial charge in [0.1, 0.15) is 0 Å². The average molecular weight is 373 g/mol. The Morgan fingerprint density at radius 2 is 1.96 bits per heavy atom. The van der Waals surface area contributed by atoms with Crippen molar-refractivity contribution in [3.8, 4) is 0 Å². The highest BCUT2D eigenvalue weighted by molar-refractivity contribution is 7.99. The lowest BCUT2D eigenvalue weighted by Crippen LogP contribution is -2.43. The first-order chi connectivity index (χ1) is 12.7. The van der Waals surface area contributed by atoms with Gasteiger partial charge < -0.3 is 4.98 Å². The predicted molar refractivity (Wildman–Crippen MR) is 104 cm³/mol. The molecule has 0 amide bonds. The number of aromatic amines is 1. The fraction of sp³-hybridized carbons (Fsp3) is 0.632. The highest BCUT2D eigenvalue weighted by Gasteiger charge is 2.34. The summed E-state index contributed by atoms with van der Waals surface area (Å²) in [5, 5.41) is 0.884. The topological polar surface area (TPSA) is 60.9 Å². The van der Waals surface area contributed by atoms with Gasteiger partial charge in [0.15, 0.2) is 5.16 Å². The van der Waals surface area contributed by atoms with Gasteiger partial charge in [0, 0.05) is 62.4 Å². The van der Waals surface area contributed by atoms with Gasteiger partial charge in [-0.3, -0.25) is 9.80 Å². The standard InChI is InChI=1S/C19H28N6S/c1-3-26-19-20-6-16(7-21-19)10-25-9-15-4-5-17(25)11-24(8-15)12-18-14(2)22-13-23-18/h6-7,13,15,17H,3-5,8-12H2,1-2H3,(H,22,23)/t15-,17+/m0/s1. The van der Waals surface area contributed by atoms with Crippen molar-refractivity contribution in [3.63, 3.8) is 0 Å². The Hall–Kier alpha value is -1.44. The van der Waals surface area contributed by atoms with Crippen molar-refractivity contribution in [2.45, 2.75) is 51.0 Å². The minimum absolute atomic E-state index is 0.623. The van der Waals surface area contributed by atoms with Crippen molar-refractivity contribution in [3.05, 3.63) is 35.7 Å². The van der Waals surface area contributed by atoms with Gasteiger partial charge in [0.2, 0.25) is 0 Å². The van der Waals surface area contributed by atoms with E-state index < -0.39 is 0 Å². The van der Waals surface area contributed by atoms with Crippen LogP contribution in [0.15, 0.2) is 23.9 Å². The summed E-state index contributed by atoms with van der Waals surface area (Å²) in [5.74, 6) is 1.77. The first kappa shape index (κ1) is 17.9. The monoisotopic (exact) mass is 372 g/mol. The predicted octanol–water partition coefficient (Wildman–Crippen LogP) is 2.72. The Balaban J connectivity index is 1.40. The Bertz CT molecular complexity index is 715. The molecule has 0 unspecified atom stereocenters. The highest BCUT2D eigenvalue weighted by atomic mass is 32.2. The number of hydrogen-bond donors (Lipinski definition) is 1. The van der Waals surface area contributed by atoms with E-state index in [2.05, 4.69) is 43.6 Å². The van der Waals surface area contributed by atoms with Gasteiger partial charge in [0.05, 0.1) is 12.0 Å². The van der Waals surface area contributed by atoms with Gasteiger partial charge in [0.25, 0.3) is 0 Å². The third-order valence-electron chi connectivity index (χ3n) is 5.55. The molecule has 2 bridgehead atoms. The van der Waals surface area contributed by atoms with Crippen LogP contribution in [0.5, 0.6) is 0 Å². The van der Waals surface area contributed by atoms with Crippen molar-refractivity contribution in [2.24, 2.45) is 5.92 Å². The highest BCUT2D eigenvalue weighted by Crippen LogP contribution is 2.30. The fourth-order valence-corrected chi connectivity index (χ4v) is 4.73. The molecule has 2 aromatic rings. The van der Waals surface area contributed by atoms with E-state index in [1.807, 2.05) is 18.7 Å². The third-order valence-corrected chi connectivity index (χ3v) is 6.31. The second-order valence-electron chi connectivity index (χ2n) is 7.50. The summed E-state index contributed by atoms with van der Waals surface area (Å²) in [7, 11) is 0. The zero-order valence-electron chi connectivity index (χ0n) is 15.7. The summed E-state index contributed by atoms with van der Waals surface area (Å²) in [6.45, 7) is 9.67. The zero-order chi connectivity index (χ0) is 17.9. The maximum atomic E-state index is 4.50. The summed E-state index contributed by atoms with van der Waals surface area (Å²) in [5.41, 5.74) is 3.61. The molecule has 1 N–H and O–H groups in total. The number of nitrogens with zero attached hydrogens (tertiary/aromatic N) is 5. The first-order valence-electron chi connectivity index (χ1n) is 9.60. The van der Waals surface area contributed by atoms with E-state index in [0.717, 1.165) is 36.5 Å². The molecule has 5 rings (SSSR count). The van der Waals surface area contributed by atoms with Crippen molar-refractivity contribution in [2.75, 3.05) is 25.4 Å². The molecule has 5 heterocycles. The van der Waals surface area contributed by atoms with E-state index in [-0.39, 0.29) is 0 Å². The molecule has 0 radical (unpaired) electrons. The maximum absolute atomic E-state index is 4.50. The molecule has 0 saturated carbocycles. The first-order valence-corrected chi connectivity index (χ1v) is 10.6. The molecule has 3 fully saturated rings. The van der Waals surface area contributed by atoms with Crippen LogP contribution in [0.2, 0.25) is 0 Å². The Morgan fingerprint density at radius 3 is 2.69 bits per heavy atom. The van der Waals surface area contributed by atoms with Crippen molar-refractivity contribution < 1.29 is 0 Å². The molecule has 0 aliphatic carbocycles. The molecule has 26 heavy (non-hydrogen) atoms. The number of imidazole rings is 1. The molecule has 3 aliphatic heterocycles. The second-order valence-corrected chi connectivity index (χ2v) is 8.73. The largest absolute Gasteiger partial charge is 0.348 e. The average Bonchev–Trinajstić information content (AvgIpc) is 2.85. The number of nitrogens with one attached hydrogen (secondary N) is 1. The number of piperidine rings is 1. The van der Waals surface area contributed by atoms with Gasteiger partial charge in [-0.1, -0.05) is 18.7 Å². The minimum Gasteiger partial charge on any atom is -0.348 e. The number of aromatic nitrogens is 4. The number of aryl methyl sites for hydroxylation is 1. The minimum atomic E-state index is 0.623. The molecule has 0 aromatic carbocycles. The Labute approximate surface area is 159 Å². The lowest BCUT2D eigenvalue weighted by molar-refractivity contribution is 0.122. The molecule has 6 nitrogen and oxygen atoms in total. The quantitative estimate of drug-likeness (QED) is 0.621. The van der Waals surface area contributed by atoms with Crippen LogP contribution in [0.4, 0.5) is 0 Å². The van der Waals surface area contributed by atoms with Crippen LogP contribution in [0, 0.1) is 12.8 Å². The molecule has 3 aliphatic rings. The number of fused-ring (bicyclic) bond motifs is 4. The lowest BCUT2D eigenvalue weighted by atomic mass is 9.95. The van der Waals surface area contributed by atoms with E-state index in [1.165, 1.54) is 42.9 Å². The normalized spacial score (nSPS) is 24.1. The van der Waals surface area contributed by atoms with Gasteiger partial charge in [-0.15, -0.1) is 0 Å². The molecule has 3 saturated heterocycles. The van der Waals surface area contributed by atoms with Crippen LogP contribution in [-0.4, -0.2) is 61.2 Å². The van der Waals surface area contributed by atoms with Gasteiger partial charge in [-0.2, -0.15) is 0 Å². The summed E-state index contributed by atoms with van der Waals surface area (Å²) >= 11 is 1.70. The van der Waals surface area contributed by atoms with E-state index >= 15 is 0 Å². The van der Waals surface area contributed by atoms with Gasteiger partial charge in [-0.25, -0.2) is 15.0 Å². The number of rotatable bonds is 6. The van der Waals surface area contributed by atoms with E-state index in [0.29, 0.717) is 6.04 Å². The molecule has 140 valence electrons. The van der Waals surface area contributed by atoms with Crippen molar-refractivity contribution in [1.29, 1.82) is 0 Å². The van der Waals surface area contributed by atoms with Gasteiger partial charge in [-0.05, 0) is 31.4 Å². The van der Waals surface area contributed by atoms with E-state index in [4.69, 9.17) is 0 Å². The molecular formula is C19H28N6S. The van der Waals surface area contributed by atoms with Crippen LogP contribution < -0.4 is 0 Å². The smallest absolute Gasteiger partial charge is 0.187 e. The van der Waals surface area contributed by atoms with Crippen LogP contribution in [-0.2, 0) is 13.1 Å². The van der Waals surface area contributed by atoms with E-state index in [1.54, 1.807) is 11.8 Å². The maximum Gasteiger partial charge on any atom is 0.187 e. The molecule has 7 heteroatoms. The van der Waals surface area contributed by atoms with Gasteiger partial charge >= 0.3 is 0 Å². The van der Waals surface area contributed by atoms with Crippen LogP contribution in [0.1, 0.15) is 36.7 Å². The molecule has 2 aromatic heterocycles. The SMILES string of the molecule is CCSc1ncc(CN2C[C@H]3CC[C@@H]2CN(Cc2nc[nH]c2C)C3)cn1. The molecule has 2 atom stereocenters. The zero-order valence-corrected chi connectivity index (χ0v) is 16.5. The number of H-pyrrole nitrogens is 1. The van der Waals surface area contributed by atoms with E-state index in [9.17, 15) is 0 Å². The number of thioether (sulfide) groups is 1. The number of hydrogen-bond acceptors (Lipinski definition) is 6. The summed E-state index contributed by atoms with van der Waals surface area (Å²) < 4.78 is 0. The fourth-order valence-electron chi connectivity index (χ4n) is 4.22. The van der Waals surface area contributed by atoms with Crippen molar-refractivity contribution in [1.82, 2.24) is 29.7 Å². The summed E-state index contributed by atoms with van der Waals surface area (Å²) in [6, 6.07) is 0.623. The Kier molecular flexibility index (Phi) is 5.57. The summed E-state index contributed by atoms with van der Waals surface area (Å²) in [4.78, 5) is 21.9. The molecular weight excluding hydrogens is 344 g/mol. The van der Waals surface area contributed by atoms with Crippen LogP contribution >= 0.6 is 11.8 Å². The lowest BCUT2D eigenvalue weighted by Gasteiger charge is -2.36. The summed E-state index contributed by atoms with van der Waals surface area (Å²) in [6.07, 6.45) is 8.47. The second kappa shape index (κ2) is 8.06. The van der Waals surface area contributed by atoms with Crippen LogP contribution in [0.25, 0.3) is 0 Å². The van der Waals surface area contributed by atoms with Crippen molar-refractivity contribution >= 4 is 11.8 Å². The molecule has 0 spiro atoms. The third kappa shape index (κ3) is 4.10. The Morgan fingerprint density at radius 1 is 1.12 bits per heavy atom.